The molecule has 0 aliphatic heterocycles. The second-order valence-corrected chi connectivity index (χ2v) is 11.1. The lowest BCUT2D eigenvalue weighted by atomic mass is 10.1. The number of nitrogens with one attached hydrogen (secondary N) is 1. The van der Waals surface area contributed by atoms with E-state index in [2.05, 4.69) is 5.32 Å². The third-order valence-electron chi connectivity index (χ3n) is 5.67. The predicted octanol–water partition coefficient (Wildman–Crippen LogP) is 4.11. The van der Waals surface area contributed by atoms with Crippen molar-refractivity contribution < 1.29 is 27.5 Å². The van der Waals surface area contributed by atoms with Crippen LogP contribution in [0.1, 0.15) is 32.3 Å². The number of benzene rings is 2. The van der Waals surface area contributed by atoms with E-state index in [1.165, 1.54) is 31.3 Å². The highest BCUT2D eigenvalue weighted by Crippen LogP contribution is 2.32. The van der Waals surface area contributed by atoms with Crippen molar-refractivity contribution >= 4 is 50.7 Å². The van der Waals surface area contributed by atoms with Gasteiger partial charge in [0.1, 0.15) is 12.6 Å². The number of rotatable bonds is 13. The van der Waals surface area contributed by atoms with Crippen molar-refractivity contribution in [3.63, 3.8) is 0 Å². The number of carbonyl (C=O) groups is 2. The SMILES string of the molecule is CCCCNC(=O)[C@@H](C)N(Cc1ccc(Cl)c(Cl)c1)C(=O)CN(c1ccc(OC)c(OC)c1)S(C)(=O)=O. The molecule has 204 valence electrons. The van der Waals surface area contributed by atoms with Crippen LogP contribution in [0.2, 0.25) is 10.0 Å². The Balaban J connectivity index is 2.42. The highest BCUT2D eigenvalue weighted by molar-refractivity contribution is 7.92. The van der Waals surface area contributed by atoms with E-state index in [9.17, 15) is 18.0 Å². The summed E-state index contributed by atoms with van der Waals surface area (Å²) >= 11 is 12.2. The molecule has 0 aliphatic carbocycles. The molecule has 2 aromatic carbocycles. The second-order valence-electron chi connectivity index (χ2n) is 8.40. The number of hydrogen-bond donors (Lipinski definition) is 1. The number of amides is 2. The molecule has 0 saturated heterocycles. The van der Waals surface area contributed by atoms with Gasteiger partial charge in [-0.2, -0.15) is 0 Å². The number of unbranched alkanes of at least 4 members (excludes halogenated alkanes) is 1. The molecule has 0 heterocycles. The van der Waals surface area contributed by atoms with E-state index < -0.39 is 28.5 Å². The Bertz CT molecular complexity index is 1210. The summed E-state index contributed by atoms with van der Waals surface area (Å²) in [6, 6.07) is 8.55. The van der Waals surface area contributed by atoms with E-state index in [-0.39, 0.29) is 18.1 Å². The number of ether oxygens (including phenoxy) is 2. The van der Waals surface area contributed by atoms with Gasteiger partial charge in [-0.15, -0.1) is 0 Å². The van der Waals surface area contributed by atoms with Crippen molar-refractivity contribution in [1.29, 1.82) is 0 Å². The van der Waals surface area contributed by atoms with E-state index in [0.29, 0.717) is 33.7 Å². The maximum absolute atomic E-state index is 13.6. The van der Waals surface area contributed by atoms with Crippen LogP contribution >= 0.6 is 23.2 Å². The number of carbonyl (C=O) groups excluding carboxylic acids is 2. The molecule has 0 aliphatic rings. The van der Waals surface area contributed by atoms with Crippen LogP contribution < -0.4 is 19.1 Å². The number of hydrogen-bond acceptors (Lipinski definition) is 6. The zero-order valence-corrected chi connectivity index (χ0v) is 23.9. The van der Waals surface area contributed by atoms with Gasteiger partial charge in [-0.25, -0.2) is 8.42 Å². The minimum Gasteiger partial charge on any atom is -0.493 e. The van der Waals surface area contributed by atoms with Gasteiger partial charge in [0.15, 0.2) is 11.5 Å². The first-order chi connectivity index (χ1) is 17.4. The van der Waals surface area contributed by atoms with Gasteiger partial charge in [0.25, 0.3) is 0 Å². The number of halogens is 2. The van der Waals surface area contributed by atoms with Gasteiger partial charge in [-0.05, 0) is 43.2 Å². The Morgan fingerprint density at radius 3 is 2.27 bits per heavy atom. The largest absolute Gasteiger partial charge is 0.493 e. The molecule has 37 heavy (non-hydrogen) atoms. The summed E-state index contributed by atoms with van der Waals surface area (Å²) in [6.45, 7) is 3.54. The lowest BCUT2D eigenvalue weighted by Gasteiger charge is -2.31. The molecule has 2 aromatic rings. The lowest BCUT2D eigenvalue weighted by molar-refractivity contribution is -0.139. The molecule has 0 aromatic heterocycles. The summed E-state index contributed by atoms with van der Waals surface area (Å²) in [6.07, 6.45) is 2.69. The third kappa shape index (κ3) is 8.41. The third-order valence-corrected chi connectivity index (χ3v) is 7.55. The Morgan fingerprint density at radius 1 is 1.03 bits per heavy atom. The predicted molar refractivity (Wildman–Crippen MR) is 146 cm³/mol. The van der Waals surface area contributed by atoms with Gasteiger partial charge < -0.3 is 19.7 Å². The van der Waals surface area contributed by atoms with Crippen molar-refractivity contribution in [2.45, 2.75) is 39.3 Å². The van der Waals surface area contributed by atoms with Crippen LogP contribution in [0.5, 0.6) is 11.5 Å². The van der Waals surface area contributed by atoms with Crippen LogP contribution in [0.25, 0.3) is 0 Å². The van der Waals surface area contributed by atoms with Gasteiger partial charge in [-0.3, -0.25) is 13.9 Å². The molecule has 0 fully saturated rings. The zero-order valence-electron chi connectivity index (χ0n) is 21.6. The standard InChI is InChI=1S/C25H33Cl2N3O6S/c1-6-7-12-28-25(32)17(2)29(15-18-8-10-20(26)21(27)13-18)24(31)16-30(37(5,33)34)19-9-11-22(35-3)23(14-19)36-4/h8-11,13-14,17H,6-7,12,15-16H2,1-5H3,(H,28,32)/t17-/m1/s1. The van der Waals surface area contributed by atoms with E-state index in [0.717, 1.165) is 23.4 Å². The van der Waals surface area contributed by atoms with Crippen LogP contribution in [0, 0.1) is 0 Å². The van der Waals surface area contributed by atoms with Gasteiger partial charge in [0.2, 0.25) is 21.8 Å². The Morgan fingerprint density at radius 2 is 1.70 bits per heavy atom. The van der Waals surface area contributed by atoms with Gasteiger partial charge in [0, 0.05) is 19.2 Å². The van der Waals surface area contributed by atoms with Gasteiger partial charge in [-0.1, -0.05) is 42.6 Å². The molecule has 0 spiro atoms. The quantitative estimate of drug-likeness (QED) is 0.361. The number of methoxy groups -OCH3 is 2. The summed E-state index contributed by atoms with van der Waals surface area (Å²) in [5.41, 5.74) is 0.844. The monoisotopic (exact) mass is 573 g/mol. The zero-order chi connectivity index (χ0) is 27.8. The number of anilines is 1. The first kappa shape index (κ1) is 30.5. The fourth-order valence-corrected chi connectivity index (χ4v) is 4.71. The van der Waals surface area contributed by atoms with Crippen LogP contribution in [0.4, 0.5) is 5.69 Å². The Kier molecular flexibility index (Phi) is 11.3. The molecule has 1 N–H and O–H groups in total. The topological polar surface area (TPSA) is 105 Å². The molecule has 0 bridgehead atoms. The van der Waals surface area contributed by atoms with Crippen LogP contribution in [0.15, 0.2) is 36.4 Å². The summed E-state index contributed by atoms with van der Waals surface area (Å²) in [4.78, 5) is 27.8. The average molecular weight is 575 g/mol. The molecule has 12 heteroatoms. The second kappa shape index (κ2) is 13.7. The maximum atomic E-state index is 13.6. The lowest BCUT2D eigenvalue weighted by Crippen LogP contribution is -2.51. The highest BCUT2D eigenvalue weighted by atomic mass is 35.5. The Hall–Kier alpha value is -2.69. The Labute approximate surface area is 228 Å². The minimum atomic E-state index is -3.89. The minimum absolute atomic E-state index is 0.0155. The van der Waals surface area contributed by atoms with Crippen molar-refractivity contribution in [2.75, 3.05) is 37.9 Å². The smallest absolute Gasteiger partial charge is 0.244 e. The summed E-state index contributed by atoms with van der Waals surface area (Å²) in [5.74, 6) is -0.217. The van der Waals surface area contributed by atoms with Crippen molar-refractivity contribution in [1.82, 2.24) is 10.2 Å². The molecule has 2 rings (SSSR count). The first-order valence-corrected chi connectivity index (χ1v) is 14.2. The molecular weight excluding hydrogens is 541 g/mol. The number of nitrogens with zero attached hydrogens (tertiary/aromatic N) is 2. The van der Waals surface area contributed by atoms with Crippen LogP contribution in [-0.4, -0.2) is 64.7 Å². The normalized spacial score (nSPS) is 12.0. The van der Waals surface area contributed by atoms with Crippen molar-refractivity contribution in [3.8, 4) is 11.5 Å². The van der Waals surface area contributed by atoms with Crippen LogP contribution in [-0.2, 0) is 26.2 Å². The van der Waals surface area contributed by atoms with E-state index in [1.54, 1.807) is 31.2 Å². The fraction of sp³-hybridized carbons (Fsp3) is 0.440. The highest BCUT2D eigenvalue weighted by Gasteiger charge is 2.30. The summed E-state index contributed by atoms with van der Waals surface area (Å²) < 4.78 is 36.9. The van der Waals surface area contributed by atoms with Gasteiger partial charge in [0.05, 0.1) is 36.2 Å². The maximum Gasteiger partial charge on any atom is 0.244 e. The van der Waals surface area contributed by atoms with Crippen molar-refractivity contribution in [2.24, 2.45) is 0 Å². The summed E-state index contributed by atoms with van der Waals surface area (Å²) in [5, 5.41) is 3.48. The van der Waals surface area contributed by atoms with E-state index in [1.807, 2.05) is 6.92 Å². The average Bonchev–Trinajstić information content (AvgIpc) is 2.86. The molecule has 0 saturated carbocycles. The molecular formula is C25H33Cl2N3O6S. The van der Waals surface area contributed by atoms with Crippen molar-refractivity contribution in [3.05, 3.63) is 52.0 Å². The molecule has 0 unspecified atom stereocenters. The molecule has 9 nitrogen and oxygen atoms in total. The van der Waals surface area contributed by atoms with Crippen LogP contribution in [0.3, 0.4) is 0 Å². The fourth-order valence-electron chi connectivity index (χ4n) is 3.55. The van der Waals surface area contributed by atoms with Gasteiger partial charge >= 0.3 is 0 Å². The van der Waals surface area contributed by atoms with E-state index in [4.69, 9.17) is 32.7 Å². The molecule has 2 amide bonds. The summed E-state index contributed by atoms with van der Waals surface area (Å²) in [7, 11) is -1.00. The molecule has 0 radical (unpaired) electrons. The first-order valence-electron chi connectivity index (χ1n) is 11.6. The number of sulfonamides is 1. The van der Waals surface area contributed by atoms with E-state index >= 15 is 0 Å². The molecule has 1 atom stereocenters.